The topological polar surface area (TPSA) is 87.2 Å². The van der Waals surface area contributed by atoms with Gasteiger partial charge in [0.2, 0.25) is 0 Å². The molecule has 0 atom stereocenters. The molecule has 2 aromatic carbocycles. The molecule has 7 nitrogen and oxygen atoms in total. The highest BCUT2D eigenvalue weighted by atomic mass is 32.2. The average molecular weight is 532 g/mol. The van der Waals surface area contributed by atoms with Gasteiger partial charge in [-0.2, -0.15) is 13.2 Å². The number of unbranched alkanes of at least 4 members (excludes halogenated alkanes) is 1. The van der Waals surface area contributed by atoms with Crippen LogP contribution in [0.2, 0.25) is 0 Å². The number of hydrogen-bond donors (Lipinski definition) is 0. The number of oxazole rings is 1. The largest absolute Gasteiger partial charge is 0.501 e. The Balaban J connectivity index is 1.49. The summed E-state index contributed by atoms with van der Waals surface area (Å²) in [6.45, 7) is 1.08. The normalized spacial score (nSPS) is 12.3. The standard InChI is InChI=1S/C26H24F3N3O4S/c27-26(28,29)37(33,34)24-9-5-20(6-10-24)4-8-22-15-21(3-1-2-13-32-14-12-30-18-32)7-11-25(22)36-17-23-16-35-19-31-23/h4-12,14-16,18-19H,1-3,13,17H2. The summed E-state index contributed by atoms with van der Waals surface area (Å²) >= 11 is 0. The quantitative estimate of drug-likeness (QED) is 0.176. The number of hydrogen-bond acceptors (Lipinski definition) is 6. The van der Waals surface area contributed by atoms with Crippen molar-refractivity contribution in [2.75, 3.05) is 0 Å². The molecule has 0 spiro atoms. The van der Waals surface area contributed by atoms with Crippen molar-refractivity contribution >= 4 is 22.0 Å². The van der Waals surface area contributed by atoms with Gasteiger partial charge in [-0.15, -0.1) is 0 Å². The zero-order chi connectivity index (χ0) is 26.3. The fourth-order valence-electron chi connectivity index (χ4n) is 3.60. The molecule has 0 saturated carbocycles. The van der Waals surface area contributed by atoms with E-state index in [2.05, 4.69) is 9.97 Å². The summed E-state index contributed by atoms with van der Waals surface area (Å²) in [4.78, 5) is 7.28. The molecule has 0 saturated heterocycles. The Kier molecular flexibility index (Phi) is 8.12. The molecule has 4 rings (SSSR count). The molecule has 0 amide bonds. The Morgan fingerprint density at radius 3 is 2.54 bits per heavy atom. The summed E-state index contributed by atoms with van der Waals surface area (Å²) in [5.74, 6) is 0.595. The van der Waals surface area contributed by atoms with Crippen molar-refractivity contribution in [3.8, 4) is 5.75 Å². The number of ether oxygens (including phenoxy) is 1. The minimum Gasteiger partial charge on any atom is -0.487 e. The van der Waals surface area contributed by atoms with E-state index in [1.54, 1.807) is 24.7 Å². The van der Waals surface area contributed by atoms with Crippen LogP contribution in [0.5, 0.6) is 5.75 Å². The maximum absolute atomic E-state index is 12.8. The van der Waals surface area contributed by atoms with Crippen LogP contribution in [-0.4, -0.2) is 28.5 Å². The smallest absolute Gasteiger partial charge is 0.487 e. The van der Waals surface area contributed by atoms with Crippen LogP contribution in [0.4, 0.5) is 13.2 Å². The van der Waals surface area contributed by atoms with Crippen LogP contribution in [0, 0.1) is 0 Å². The summed E-state index contributed by atoms with van der Waals surface area (Å²) in [6.07, 6.45) is 14.5. The van der Waals surface area contributed by atoms with Crippen molar-refractivity contribution in [1.29, 1.82) is 0 Å². The zero-order valence-corrected chi connectivity index (χ0v) is 20.5. The molecule has 2 heterocycles. The summed E-state index contributed by atoms with van der Waals surface area (Å²) in [5.41, 5.74) is -2.32. The highest BCUT2D eigenvalue weighted by Gasteiger charge is 2.46. The van der Waals surface area contributed by atoms with Crippen molar-refractivity contribution in [2.24, 2.45) is 0 Å². The van der Waals surface area contributed by atoms with Crippen molar-refractivity contribution in [1.82, 2.24) is 14.5 Å². The summed E-state index contributed by atoms with van der Waals surface area (Å²) < 4.78 is 74.5. The molecule has 0 unspecified atom stereocenters. The van der Waals surface area contributed by atoms with Crippen LogP contribution in [0.25, 0.3) is 12.2 Å². The van der Waals surface area contributed by atoms with Gasteiger partial charge in [0.25, 0.3) is 9.84 Å². The van der Waals surface area contributed by atoms with E-state index in [9.17, 15) is 21.6 Å². The first kappa shape index (κ1) is 26.2. The monoisotopic (exact) mass is 531 g/mol. The van der Waals surface area contributed by atoms with Crippen molar-refractivity contribution < 1.29 is 30.7 Å². The lowest BCUT2D eigenvalue weighted by molar-refractivity contribution is -0.0436. The Labute approximate surface area is 212 Å². The van der Waals surface area contributed by atoms with Gasteiger partial charge in [0.1, 0.15) is 24.3 Å². The Bertz CT molecular complexity index is 1410. The number of halogens is 3. The predicted octanol–water partition coefficient (Wildman–Crippen LogP) is 5.94. The van der Waals surface area contributed by atoms with E-state index >= 15 is 0 Å². The van der Waals surface area contributed by atoms with E-state index in [1.165, 1.54) is 24.8 Å². The second kappa shape index (κ2) is 11.5. The van der Waals surface area contributed by atoms with Crippen molar-refractivity contribution in [3.05, 3.63) is 96.2 Å². The first-order valence-corrected chi connectivity index (χ1v) is 12.9. The molecule has 194 valence electrons. The van der Waals surface area contributed by atoms with E-state index in [1.807, 2.05) is 29.0 Å². The van der Waals surface area contributed by atoms with Gasteiger partial charge in [-0.3, -0.25) is 0 Å². The molecule has 0 aliphatic rings. The van der Waals surface area contributed by atoms with E-state index in [-0.39, 0.29) is 6.61 Å². The highest BCUT2D eigenvalue weighted by Crippen LogP contribution is 2.30. The molecule has 2 aromatic heterocycles. The minimum absolute atomic E-state index is 0.200. The van der Waals surface area contributed by atoms with Crippen LogP contribution >= 0.6 is 0 Å². The number of sulfone groups is 1. The van der Waals surface area contributed by atoms with Gasteiger partial charge in [-0.1, -0.05) is 30.4 Å². The molecule has 0 bridgehead atoms. The number of aryl methyl sites for hydroxylation is 2. The number of imidazole rings is 1. The van der Waals surface area contributed by atoms with Gasteiger partial charge in [0, 0.05) is 24.5 Å². The second-order valence-electron chi connectivity index (χ2n) is 8.25. The maximum atomic E-state index is 12.8. The zero-order valence-electron chi connectivity index (χ0n) is 19.6. The predicted molar refractivity (Wildman–Crippen MR) is 131 cm³/mol. The van der Waals surface area contributed by atoms with Crippen molar-refractivity contribution in [2.45, 2.75) is 42.8 Å². The van der Waals surface area contributed by atoms with E-state index in [0.717, 1.165) is 49.1 Å². The molecule has 37 heavy (non-hydrogen) atoms. The molecule has 0 aliphatic carbocycles. The van der Waals surface area contributed by atoms with E-state index < -0.39 is 20.2 Å². The lowest BCUT2D eigenvalue weighted by Gasteiger charge is -2.11. The maximum Gasteiger partial charge on any atom is 0.501 e. The molecular formula is C26H24F3N3O4S. The fourth-order valence-corrected chi connectivity index (χ4v) is 4.36. The Morgan fingerprint density at radius 2 is 1.86 bits per heavy atom. The SMILES string of the molecule is O=S(=O)(c1ccc(C=Cc2cc(CCCCn3ccnc3)ccc2OCc2cocn2)cc1)C(F)(F)F. The number of aromatic nitrogens is 3. The van der Waals surface area contributed by atoms with E-state index in [0.29, 0.717) is 17.0 Å². The third kappa shape index (κ3) is 6.88. The number of rotatable bonds is 11. The number of nitrogens with zero attached hydrogens (tertiary/aromatic N) is 3. The van der Waals surface area contributed by atoms with Gasteiger partial charge in [-0.05, 0) is 54.7 Å². The Morgan fingerprint density at radius 1 is 1.05 bits per heavy atom. The summed E-state index contributed by atoms with van der Waals surface area (Å²) in [6, 6.07) is 10.4. The Hall–Kier alpha value is -3.86. The molecule has 0 radical (unpaired) electrons. The van der Waals surface area contributed by atoms with Gasteiger partial charge < -0.3 is 13.7 Å². The van der Waals surface area contributed by atoms with Gasteiger partial charge in [-0.25, -0.2) is 18.4 Å². The molecule has 0 N–H and O–H groups in total. The number of alkyl halides is 3. The second-order valence-corrected chi connectivity index (χ2v) is 10.2. The summed E-state index contributed by atoms with van der Waals surface area (Å²) in [7, 11) is -5.39. The lowest BCUT2D eigenvalue weighted by atomic mass is 10.0. The first-order chi connectivity index (χ1) is 17.7. The van der Waals surface area contributed by atoms with Crippen LogP contribution in [-0.2, 0) is 29.4 Å². The van der Waals surface area contributed by atoms with Crippen LogP contribution in [0.1, 0.15) is 35.2 Å². The molecule has 0 fully saturated rings. The molecular weight excluding hydrogens is 507 g/mol. The van der Waals surface area contributed by atoms with Crippen LogP contribution < -0.4 is 4.74 Å². The highest BCUT2D eigenvalue weighted by molar-refractivity contribution is 7.92. The first-order valence-electron chi connectivity index (χ1n) is 11.4. The lowest BCUT2D eigenvalue weighted by Crippen LogP contribution is -2.23. The van der Waals surface area contributed by atoms with E-state index in [4.69, 9.17) is 9.15 Å². The van der Waals surface area contributed by atoms with Gasteiger partial charge in [0.15, 0.2) is 6.39 Å². The van der Waals surface area contributed by atoms with Gasteiger partial charge in [0.05, 0.1) is 11.2 Å². The minimum atomic E-state index is -5.39. The third-order valence-corrected chi connectivity index (χ3v) is 7.08. The third-order valence-electron chi connectivity index (χ3n) is 5.57. The average Bonchev–Trinajstić information content (AvgIpc) is 3.59. The molecule has 4 aromatic rings. The molecule has 0 aliphatic heterocycles. The number of benzene rings is 2. The van der Waals surface area contributed by atoms with Crippen molar-refractivity contribution in [3.63, 3.8) is 0 Å². The fraction of sp³-hybridized carbons (Fsp3) is 0.231. The molecule has 11 heteroatoms. The van der Waals surface area contributed by atoms with Crippen LogP contribution in [0.15, 0.2) is 83.2 Å². The summed E-state index contributed by atoms with van der Waals surface area (Å²) in [5, 5.41) is 0. The van der Waals surface area contributed by atoms with Crippen LogP contribution in [0.3, 0.4) is 0 Å². The van der Waals surface area contributed by atoms with Gasteiger partial charge >= 0.3 is 5.51 Å².